The van der Waals surface area contributed by atoms with Crippen LogP contribution in [0.4, 0.5) is 0 Å². The van der Waals surface area contributed by atoms with Crippen molar-refractivity contribution in [2.75, 3.05) is 0 Å². The minimum Gasteiger partial charge on any atom is -0.393 e. The van der Waals surface area contributed by atoms with Crippen LogP contribution in [-0.2, 0) is 0 Å². The number of hydrogen-bond acceptors (Lipinski definition) is 1. The van der Waals surface area contributed by atoms with Crippen LogP contribution in [0.25, 0.3) is 0 Å². The lowest BCUT2D eigenvalue weighted by Crippen LogP contribution is -2.49. The molecule has 0 aliphatic heterocycles. The molecule has 0 radical (unpaired) electrons. The average molecular weight is 300 g/mol. The van der Waals surface area contributed by atoms with E-state index in [1.165, 1.54) is 38.5 Å². The summed E-state index contributed by atoms with van der Waals surface area (Å²) in [6, 6.07) is 0. The van der Waals surface area contributed by atoms with Gasteiger partial charge in [-0.3, -0.25) is 0 Å². The van der Waals surface area contributed by atoms with E-state index in [1.807, 2.05) is 0 Å². The summed E-state index contributed by atoms with van der Waals surface area (Å²) in [4.78, 5) is 0. The van der Waals surface area contributed by atoms with Gasteiger partial charge in [-0.15, -0.1) is 0 Å². The highest BCUT2D eigenvalue weighted by atomic mass is 16.3. The van der Waals surface area contributed by atoms with E-state index in [9.17, 15) is 5.11 Å². The van der Waals surface area contributed by atoms with E-state index in [2.05, 4.69) is 32.9 Å². The molecular formula is C21H32O. The number of aliphatic hydroxyl groups is 1. The number of hydrogen-bond donors (Lipinski definition) is 1. The third-order valence-electron chi connectivity index (χ3n) is 8.27. The zero-order chi connectivity index (χ0) is 15.5. The van der Waals surface area contributed by atoms with Crippen LogP contribution in [0.15, 0.2) is 23.3 Å². The number of allylic oxidation sites excluding steroid dienone is 3. The molecule has 4 aliphatic carbocycles. The predicted molar refractivity (Wildman–Crippen MR) is 91.5 cm³/mol. The molecule has 0 bridgehead atoms. The summed E-state index contributed by atoms with van der Waals surface area (Å²) in [5.74, 6) is 2.66. The highest BCUT2D eigenvalue weighted by Crippen LogP contribution is 2.66. The Balaban J connectivity index is 1.69. The first-order valence-electron chi connectivity index (χ1n) is 9.52. The molecule has 4 aliphatic rings. The molecule has 4 rings (SSSR count). The fraction of sp³-hybridized carbons (Fsp3) is 0.810. The molecule has 0 aromatic carbocycles. The standard InChI is InChI=1S/C21H32O/c1-4-14-6-8-18-17-7-5-15-13-16(22)9-11-21(15,3)19(17)10-12-20(14,18)2/h4-5,16-19,22H,6-13H2,1-3H3/t16?,17-,18-,19-,20+,21-/m0/s1. The van der Waals surface area contributed by atoms with Crippen molar-refractivity contribution in [1.82, 2.24) is 0 Å². The Morgan fingerprint density at radius 2 is 1.82 bits per heavy atom. The summed E-state index contributed by atoms with van der Waals surface area (Å²) in [6.07, 6.45) is 14.9. The third-order valence-corrected chi connectivity index (χ3v) is 8.27. The van der Waals surface area contributed by atoms with Crippen LogP contribution in [0.5, 0.6) is 0 Å². The summed E-state index contributed by atoms with van der Waals surface area (Å²) in [7, 11) is 0. The molecule has 1 unspecified atom stereocenters. The second kappa shape index (κ2) is 4.97. The van der Waals surface area contributed by atoms with Gasteiger partial charge in [0.05, 0.1) is 6.10 Å². The van der Waals surface area contributed by atoms with Gasteiger partial charge in [-0.25, -0.2) is 0 Å². The SMILES string of the molecule is CC=C1CC[C@H]2[C@@H]3CC=C4CC(O)CC[C@]4(C)[C@H]3CC[C@]12C. The van der Waals surface area contributed by atoms with Crippen molar-refractivity contribution in [3.05, 3.63) is 23.3 Å². The zero-order valence-corrected chi connectivity index (χ0v) is 14.6. The molecule has 0 saturated heterocycles. The van der Waals surface area contributed by atoms with Gasteiger partial charge < -0.3 is 5.11 Å². The van der Waals surface area contributed by atoms with Gasteiger partial charge in [0, 0.05) is 0 Å². The molecule has 22 heavy (non-hydrogen) atoms. The maximum atomic E-state index is 10.1. The van der Waals surface area contributed by atoms with E-state index in [4.69, 9.17) is 0 Å². The van der Waals surface area contributed by atoms with E-state index in [0.29, 0.717) is 10.8 Å². The summed E-state index contributed by atoms with van der Waals surface area (Å²) >= 11 is 0. The van der Waals surface area contributed by atoms with E-state index in [-0.39, 0.29) is 6.10 Å². The van der Waals surface area contributed by atoms with Crippen molar-refractivity contribution in [2.45, 2.75) is 78.2 Å². The summed E-state index contributed by atoms with van der Waals surface area (Å²) in [6.45, 7) is 7.33. The summed E-state index contributed by atoms with van der Waals surface area (Å²) < 4.78 is 0. The lowest BCUT2D eigenvalue weighted by Gasteiger charge is -2.57. The molecule has 0 spiro atoms. The molecule has 1 N–H and O–H groups in total. The van der Waals surface area contributed by atoms with Gasteiger partial charge in [0.15, 0.2) is 0 Å². The Morgan fingerprint density at radius 1 is 1.09 bits per heavy atom. The van der Waals surface area contributed by atoms with Gasteiger partial charge in [-0.05, 0) is 86.9 Å². The van der Waals surface area contributed by atoms with Gasteiger partial charge in [0.25, 0.3) is 0 Å². The van der Waals surface area contributed by atoms with Crippen LogP contribution in [0, 0.1) is 28.6 Å². The van der Waals surface area contributed by atoms with Gasteiger partial charge in [-0.1, -0.05) is 37.1 Å². The van der Waals surface area contributed by atoms with Crippen molar-refractivity contribution >= 4 is 0 Å². The molecule has 0 aromatic rings. The first-order valence-corrected chi connectivity index (χ1v) is 9.52. The smallest absolute Gasteiger partial charge is 0.0577 e. The van der Waals surface area contributed by atoms with Crippen molar-refractivity contribution in [3.8, 4) is 0 Å². The quantitative estimate of drug-likeness (QED) is 0.605. The highest BCUT2D eigenvalue weighted by Gasteiger charge is 2.56. The Bertz CT molecular complexity index is 530. The molecule has 1 heteroatoms. The Morgan fingerprint density at radius 3 is 2.59 bits per heavy atom. The van der Waals surface area contributed by atoms with Crippen molar-refractivity contribution in [1.29, 1.82) is 0 Å². The molecule has 6 atom stereocenters. The Labute approximate surface area is 135 Å². The fourth-order valence-corrected chi connectivity index (χ4v) is 6.96. The second-order valence-electron chi connectivity index (χ2n) is 8.96. The molecule has 3 saturated carbocycles. The lowest BCUT2D eigenvalue weighted by atomic mass is 9.48. The van der Waals surface area contributed by atoms with Crippen molar-refractivity contribution in [3.63, 3.8) is 0 Å². The van der Waals surface area contributed by atoms with Crippen LogP contribution in [0.2, 0.25) is 0 Å². The third kappa shape index (κ3) is 1.87. The number of aliphatic hydroxyl groups excluding tert-OH is 1. The second-order valence-corrected chi connectivity index (χ2v) is 8.96. The van der Waals surface area contributed by atoms with Gasteiger partial charge in [-0.2, -0.15) is 0 Å². The summed E-state index contributed by atoms with van der Waals surface area (Å²) in [5.41, 5.74) is 4.23. The van der Waals surface area contributed by atoms with Crippen LogP contribution < -0.4 is 0 Å². The normalized spacial score (nSPS) is 52.7. The van der Waals surface area contributed by atoms with Gasteiger partial charge in [0.2, 0.25) is 0 Å². The van der Waals surface area contributed by atoms with Crippen molar-refractivity contribution < 1.29 is 5.11 Å². The monoisotopic (exact) mass is 300 g/mol. The van der Waals surface area contributed by atoms with E-state index < -0.39 is 0 Å². The minimum absolute atomic E-state index is 0.0779. The van der Waals surface area contributed by atoms with Crippen LogP contribution in [0.1, 0.15) is 72.1 Å². The zero-order valence-electron chi connectivity index (χ0n) is 14.6. The van der Waals surface area contributed by atoms with Gasteiger partial charge >= 0.3 is 0 Å². The van der Waals surface area contributed by atoms with Crippen LogP contribution >= 0.6 is 0 Å². The van der Waals surface area contributed by atoms with E-state index in [1.54, 1.807) is 11.1 Å². The average Bonchev–Trinajstić information content (AvgIpc) is 2.84. The first-order chi connectivity index (χ1) is 10.5. The topological polar surface area (TPSA) is 20.2 Å². The fourth-order valence-electron chi connectivity index (χ4n) is 6.96. The molecule has 0 heterocycles. The van der Waals surface area contributed by atoms with Crippen LogP contribution in [-0.4, -0.2) is 11.2 Å². The predicted octanol–water partition coefficient (Wildman–Crippen LogP) is 5.26. The molecule has 0 amide bonds. The largest absolute Gasteiger partial charge is 0.393 e. The Kier molecular flexibility index (Phi) is 3.39. The molecule has 0 aromatic heterocycles. The number of fused-ring (bicyclic) bond motifs is 5. The molecule has 1 nitrogen and oxygen atoms in total. The minimum atomic E-state index is -0.0779. The maximum Gasteiger partial charge on any atom is 0.0577 e. The van der Waals surface area contributed by atoms with Gasteiger partial charge in [0.1, 0.15) is 0 Å². The van der Waals surface area contributed by atoms with Crippen molar-refractivity contribution in [2.24, 2.45) is 28.6 Å². The molecule has 3 fully saturated rings. The van der Waals surface area contributed by atoms with E-state index >= 15 is 0 Å². The maximum absolute atomic E-state index is 10.1. The first kappa shape index (κ1) is 15.0. The lowest BCUT2D eigenvalue weighted by molar-refractivity contribution is -0.0268. The van der Waals surface area contributed by atoms with E-state index in [0.717, 1.165) is 30.6 Å². The summed E-state index contributed by atoms with van der Waals surface area (Å²) in [5, 5.41) is 10.1. The molecular weight excluding hydrogens is 268 g/mol. The number of rotatable bonds is 0. The highest BCUT2D eigenvalue weighted by molar-refractivity contribution is 5.29. The molecule has 122 valence electrons. The van der Waals surface area contributed by atoms with Crippen LogP contribution in [0.3, 0.4) is 0 Å². The Hall–Kier alpha value is -0.560.